The van der Waals surface area contributed by atoms with Gasteiger partial charge in [0, 0.05) is 6.54 Å². The molecule has 2 heterocycles. The standard InChI is InChI=1S/C19H24N4O3/c1-13(2)17(19(25)22-10-6-9-16(22)18(20)24)23-12-15(11-21-23)26-14-7-4-3-5-8-14/h3-5,7-8,11-13,16-17H,6,9-10H2,1-2H3,(H2,20,24)/t16?,17-/m0/s1. The van der Waals surface area contributed by atoms with Gasteiger partial charge in [-0.3, -0.25) is 14.3 Å². The van der Waals surface area contributed by atoms with Crippen molar-refractivity contribution in [3.63, 3.8) is 0 Å². The summed E-state index contributed by atoms with van der Waals surface area (Å²) in [7, 11) is 0. The molecule has 2 amide bonds. The summed E-state index contributed by atoms with van der Waals surface area (Å²) >= 11 is 0. The fourth-order valence-electron chi connectivity index (χ4n) is 3.35. The summed E-state index contributed by atoms with van der Waals surface area (Å²) in [5, 5.41) is 4.32. The van der Waals surface area contributed by atoms with Crippen molar-refractivity contribution < 1.29 is 14.3 Å². The number of hydrogen-bond acceptors (Lipinski definition) is 4. The number of benzene rings is 1. The third kappa shape index (κ3) is 3.71. The molecule has 0 saturated carbocycles. The first-order chi connectivity index (χ1) is 12.5. The molecule has 1 aromatic heterocycles. The number of para-hydroxylation sites is 1. The van der Waals surface area contributed by atoms with Gasteiger partial charge in [0.15, 0.2) is 5.75 Å². The van der Waals surface area contributed by atoms with Crippen LogP contribution in [0.25, 0.3) is 0 Å². The van der Waals surface area contributed by atoms with Gasteiger partial charge in [-0.1, -0.05) is 32.0 Å². The van der Waals surface area contributed by atoms with E-state index in [-0.39, 0.29) is 11.8 Å². The molecule has 1 aliphatic rings. The molecule has 2 N–H and O–H groups in total. The van der Waals surface area contributed by atoms with Gasteiger partial charge in [-0.15, -0.1) is 0 Å². The molecule has 1 aliphatic heterocycles. The molecule has 0 aliphatic carbocycles. The molecule has 2 atom stereocenters. The maximum atomic E-state index is 13.1. The molecular formula is C19H24N4O3. The van der Waals surface area contributed by atoms with Crippen LogP contribution in [0.4, 0.5) is 0 Å². The molecule has 0 radical (unpaired) electrons. The largest absolute Gasteiger partial charge is 0.454 e. The minimum Gasteiger partial charge on any atom is -0.454 e. The highest BCUT2D eigenvalue weighted by Gasteiger charge is 2.38. The van der Waals surface area contributed by atoms with Crippen LogP contribution in [0.15, 0.2) is 42.7 Å². The smallest absolute Gasteiger partial charge is 0.248 e. The summed E-state index contributed by atoms with van der Waals surface area (Å²) in [6.45, 7) is 4.46. The fraction of sp³-hybridized carbons (Fsp3) is 0.421. The summed E-state index contributed by atoms with van der Waals surface area (Å²) in [6, 6.07) is 8.35. The van der Waals surface area contributed by atoms with Crippen LogP contribution >= 0.6 is 0 Å². The Morgan fingerprint density at radius 2 is 1.96 bits per heavy atom. The molecule has 7 heteroatoms. The molecule has 1 unspecified atom stereocenters. The van der Waals surface area contributed by atoms with Crippen LogP contribution < -0.4 is 10.5 Å². The van der Waals surface area contributed by atoms with Gasteiger partial charge in [0.25, 0.3) is 0 Å². The third-order valence-corrected chi connectivity index (χ3v) is 4.59. The topological polar surface area (TPSA) is 90.5 Å². The zero-order valence-electron chi connectivity index (χ0n) is 15.0. The van der Waals surface area contributed by atoms with E-state index in [0.29, 0.717) is 24.5 Å². The van der Waals surface area contributed by atoms with Gasteiger partial charge in [-0.2, -0.15) is 5.10 Å². The molecule has 26 heavy (non-hydrogen) atoms. The van der Waals surface area contributed by atoms with E-state index in [4.69, 9.17) is 10.5 Å². The van der Waals surface area contributed by atoms with Crippen molar-refractivity contribution >= 4 is 11.8 Å². The highest BCUT2D eigenvalue weighted by Crippen LogP contribution is 2.28. The number of rotatable bonds is 6. The molecule has 1 aromatic carbocycles. The minimum absolute atomic E-state index is 0.00102. The van der Waals surface area contributed by atoms with Crippen molar-refractivity contribution in [3.05, 3.63) is 42.7 Å². The first kappa shape index (κ1) is 18.0. The average molecular weight is 356 g/mol. The van der Waals surface area contributed by atoms with Crippen LogP contribution in [0.5, 0.6) is 11.5 Å². The molecule has 2 aromatic rings. The van der Waals surface area contributed by atoms with Crippen molar-refractivity contribution in [2.24, 2.45) is 11.7 Å². The van der Waals surface area contributed by atoms with Crippen molar-refractivity contribution in [3.8, 4) is 11.5 Å². The number of nitrogens with zero attached hydrogens (tertiary/aromatic N) is 3. The zero-order chi connectivity index (χ0) is 18.7. The summed E-state index contributed by atoms with van der Waals surface area (Å²) in [4.78, 5) is 26.3. The predicted octanol–water partition coefficient (Wildman–Crippen LogP) is 2.35. The van der Waals surface area contributed by atoms with Crippen molar-refractivity contribution in [1.82, 2.24) is 14.7 Å². The number of aromatic nitrogens is 2. The molecule has 138 valence electrons. The summed E-state index contributed by atoms with van der Waals surface area (Å²) in [5.41, 5.74) is 5.46. The van der Waals surface area contributed by atoms with Gasteiger partial charge in [0.1, 0.15) is 17.8 Å². The van der Waals surface area contributed by atoms with Gasteiger partial charge in [0.05, 0.1) is 12.4 Å². The number of carbonyl (C=O) groups excluding carboxylic acids is 2. The molecule has 0 spiro atoms. The molecule has 1 fully saturated rings. The van der Waals surface area contributed by atoms with Crippen molar-refractivity contribution in [1.29, 1.82) is 0 Å². The average Bonchev–Trinajstić information content (AvgIpc) is 3.25. The van der Waals surface area contributed by atoms with Gasteiger partial charge in [0.2, 0.25) is 11.8 Å². The first-order valence-corrected chi connectivity index (χ1v) is 8.84. The van der Waals surface area contributed by atoms with E-state index in [9.17, 15) is 9.59 Å². The van der Waals surface area contributed by atoms with Crippen LogP contribution in [-0.2, 0) is 9.59 Å². The van der Waals surface area contributed by atoms with E-state index < -0.39 is 18.0 Å². The fourth-order valence-corrected chi connectivity index (χ4v) is 3.35. The number of primary amides is 1. The third-order valence-electron chi connectivity index (χ3n) is 4.59. The normalized spacial score (nSPS) is 18.1. The lowest BCUT2D eigenvalue weighted by atomic mass is 10.0. The van der Waals surface area contributed by atoms with Crippen LogP contribution in [0.1, 0.15) is 32.7 Å². The number of nitrogens with two attached hydrogens (primary N) is 1. The van der Waals surface area contributed by atoms with E-state index in [1.54, 1.807) is 22.0 Å². The maximum absolute atomic E-state index is 13.1. The SMILES string of the molecule is CC(C)[C@@H](C(=O)N1CCCC1C(N)=O)n1cc(Oc2ccccc2)cn1. The Balaban J connectivity index is 1.80. The van der Waals surface area contributed by atoms with Crippen molar-refractivity contribution in [2.75, 3.05) is 6.54 Å². The van der Waals surface area contributed by atoms with Gasteiger partial charge >= 0.3 is 0 Å². The second-order valence-electron chi connectivity index (χ2n) is 6.85. The second kappa shape index (κ2) is 7.59. The Kier molecular flexibility index (Phi) is 5.25. The number of likely N-dealkylation sites (tertiary alicyclic amines) is 1. The van der Waals surface area contributed by atoms with E-state index in [1.807, 2.05) is 44.2 Å². The highest BCUT2D eigenvalue weighted by molar-refractivity contribution is 5.89. The Hall–Kier alpha value is -2.83. The minimum atomic E-state index is -0.528. The summed E-state index contributed by atoms with van der Waals surface area (Å²) < 4.78 is 7.38. The molecule has 0 bridgehead atoms. The zero-order valence-corrected chi connectivity index (χ0v) is 15.0. The Morgan fingerprint density at radius 3 is 2.62 bits per heavy atom. The lowest BCUT2D eigenvalue weighted by Crippen LogP contribution is -2.47. The number of carbonyl (C=O) groups is 2. The van der Waals surface area contributed by atoms with Gasteiger partial charge in [-0.25, -0.2) is 0 Å². The number of amides is 2. The van der Waals surface area contributed by atoms with Crippen LogP contribution in [-0.4, -0.2) is 39.1 Å². The van der Waals surface area contributed by atoms with Crippen LogP contribution in [0.3, 0.4) is 0 Å². The summed E-state index contributed by atoms with van der Waals surface area (Å²) in [5.74, 6) is 0.680. The maximum Gasteiger partial charge on any atom is 0.248 e. The quantitative estimate of drug-likeness (QED) is 0.860. The lowest BCUT2D eigenvalue weighted by molar-refractivity contribution is -0.141. The van der Waals surface area contributed by atoms with Crippen LogP contribution in [0, 0.1) is 5.92 Å². The Labute approximate surface area is 152 Å². The molecule has 1 saturated heterocycles. The van der Waals surface area contributed by atoms with Gasteiger partial charge < -0.3 is 15.4 Å². The van der Waals surface area contributed by atoms with Crippen LogP contribution in [0.2, 0.25) is 0 Å². The number of hydrogen-bond donors (Lipinski definition) is 1. The number of ether oxygens (including phenoxy) is 1. The lowest BCUT2D eigenvalue weighted by Gasteiger charge is -2.29. The predicted molar refractivity (Wildman–Crippen MR) is 96.5 cm³/mol. The van der Waals surface area contributed by atoms with Gasteiger partial charge in [-0.05, 0) is 30.9 Å². The second-order valence-corrected chi connectivity index (χ2v) is 6.85. The Bertz CT molecular complexity index is 772. The van der Waals surface area contributed by atoms with E-state index in [1.165, 1.54) is 0 Å². The summed E-state index contributed by atoms with van der Waals surface area (Å²) in [6.07, 6.45) is 4.70. The van der Waals surface area contributed by atoms with E-state index in [2.05, 4.69) is 5.10 Å². The first-order valence-electron chi connectivity index (χ1n) is 8.84. The highest BCUT2D eigenvalue weighted by atomic mass is 16.5. The monoisotopic (exact) mass is 356 g/mol. The van der Waals surface area contributed by atoms with Crippen molar-refractivity contribution in [2.45, 2.75) is 38.8 Å². The molecule has 3 rings (SSSR count). The Morgan fingerprint density at radius 1 is 1.23 bits per heavy atom. The van der Waals surface area contributed by atoms with E-state index >= 15 is 0 Å². The molecule has 7 nitrogen and oxygen atoms in total. The molecular weight excluding hydrogens is 332 g/mol. The van der Waals surface area contributed by atoms with E-state index in [0.717, 1.165) is 6.42 Å².